The predicted molar refractivity (Wildman–Crippen MR) is 172 cm³/mol. The highest BCUT2D eigenvalue weighted by Gasteiger charge is 2.33. The van der Waals surface area contributed by atoms with E-state index in [1.54, 1.807) is 39.0 Å². The van der Waals surface area contributed by atoms with Gasteiger partial charge in [-0.3, -0.25) is 9.78 Å². The molecule has 2 aliphatic rings. The molecular weight excluding hydrogens is 618 g/mol. The summed E-state index contributed by atoms with van der Waals surface area (Å²) in [6, 6.07) is 9.04. The van der Waals surface area contributed by atoms with Crippen LogP contribution in [0.15, 0.2) is 60.2 Å². The molecule has 1 fully saturated rings. The summed E-state index contributed by atoms with van der Waals surface area (Å²) in [5.74, 6) is -1.82. The van der Waals surface area contributed by atoms with Crippen molar-refractivity contribution in [1.82, 2.24) is 39.4 Å². The van der Waals surface area contributed by atoms with Crippen molar-refractivity contribution in [2.45, 2.75) is 45.2 Å². The lowest BCUT2D eigenvalue weighted by molar-refractivity contribution is -0.128. The molecule has 0 aliphatic carbocycles. The van der Waals surface area contributed by atoms with Gasteiger partial charge in [0.25, 0.3) is 0 Å². The molecule has 0 N–H and O–H groups in total. The van der Waals surface area contributed by atoms with Crippen LogP contribution >= 0.6 is 0 Å². The minimum atomic E-state index is -0.819. The van der Waals surface area contributed by atoms with Gasteiger partial charge < -0.3 is 9.80 Å². The maximum atomic E-state index is 16.4. The van der Waals surface area contributed by atoms with Gasteiger partial charge in [-0.15, -0.1) is 5.10 Å². The summed E-state index contributed by atoms with van der Waals surface area (Å²) in [4.78, 5) is 44.1. The number of hydrogen-bond donors (Lipinski definition) is 0. The zero-order chi connectivity index (χ0) is 33.7. The number of rotatable bonds is 4. The minimum Gasteiger partial charge on any atom is -0.352 e. The van der Waals surface area contributed by atoms with Gasteiger partial charge in [-0.25, -0.2) is 27.8 Å². The fourth-order valence-corrected chi connectivity index (χ4v) is 6.63. The van der Waals surface area contributed by atoms with E-state index in [0.717, 1.165) is 0 Å². The van der Waals surface area contributed by atoms with Crippen molar-refractivity contribution >= 4 is 22.8 Å². The number of halogens is 2. The maximum absolute atomic E-state index is 16.4. The summed E-state index contributed by atoms with van der Waals surface area (Å²) in [5, 5.41) is 18.3. The molecule has 0 radical (unpaired) electrons. The molecule has 14 heteroatoms. The first-order valence-electron chi connectivity index (χ1n) is 15.5. The van der Waals surface area contributed by atoms with Crippen LogP contribution < -0.4 is 10.6 Å². The van der Waals surface area contributed by atoms with Crippen LogP contribution in [0, 0.1) is 23.0 Å². The van der Waals surface area contributed by atoms with Gasteiger partial charge in [-0.2, -0.15) is 10.2 Å². The van der Waals surface area contributed by atoms with Crippen molar-refractivity contribution in [2.75, 3.05) is 24.5 Å². The fourth-order valence-electron chi connectivity index (χ4n) is 6.63. The van der Waals surface area contributed by atoms with E-state index < -0.39 is 23.4 Å². The summed E-state index contributed by atoms with van der Waals surface area (Å²) in [6.45, 7) is 8.19. The number of fused-ring (bicyclic) bond motifs is 7. The molecule has 4 aromatic heterocycles. The van der Waals surface area contributed by atoms with Crippen molar-refractivity contribution in [1.29, 1.82) is 5.26 Å². The number of amides is 1. The van der Waals surface area contributed by atoms with E-state index in [1.807, 2.05) is 13.8 Å². The number of carbonyl (C=O) groups is 1. The number of aromatic nitrogens is 7. The average Bonchev–Trinajstić information content (AvgIpc) is 3.51. The Labute approximate surface area is 273 Å². The molecule has 242 valence electrons. The number of hydrogen-bond acceptors (Lipinski definition) is 9. The van der Waals surface area contributed by atoms with E-state index in [9.17, 15) is 14.9 Å². The number of anilines is 1. The third kappa shape index (κ3) is 5.17. The normalized spacial score (nSPS) is 15.7. The molecular formula is C34H30F2N10O2. The van der Waals surface area contributed by atoms with Crippen molar-refractivity contribution in [3.05, 3.63) is 100 Å². The topological polar surface area (TPSA) is 139 Å². The molecule has 0 saturated carbocycles. The van der Waals surface area contributed by atoms with E-state index in [1.165, 1.54) is 28.8 Å². The molecule has 1 atom stereocenters. The summed E-state index contributed by atoms with van der Waals surface area (Å²) in [5.41, 5.74) is 1.75. The SMILES string of the molecule is C=CC(=O)N1CCN(c2nc(=O)n3c4nc(c(F)cc24)-c2c(F)cccc2Cn2cc(nn2)Cc2ccnc(C(C)C)c2-3)CC1CC#N. The number of nitrogens with zero attached hydrogens (tertiary/aromatic N) is 10. The zero-order valence-corrected chi connectivity index (χ0v) is 26.3. The van der Waals surface area contributed by atoms with Gasteiger partial charge in [0.15, 0.2) is 5.65 Å². The second kappa shape index (κ2) is 12.1. The molecule has 48 heavy (non-hydrogen) atoms. The highest BCUT2D eigenvalue weighted by molar-refractivity contribution is 5.91. The average molecular weight is 649 g/mol. The van der Waals surface area contributed by atoms with Gasteiger partial charge in [0.1, 0.15) is 23.1 Å². The largest absolute Gasteiger partial charge is 0.355 e. The van der Waals surface area contributed by atoms with E-state index in [-0.39, 0.29) is 79.0 Å². The molecule has 5 aromatic rings. The first-order chi connectivity index (χ1) is 23.2. The number of nitriles is 1. The van der Waals surface area contributed by atoms with E-state index in [2.05, 4.69) is 32.9 Å². The van der Waals surface area contributed by atoms with Crippen molar-refractivity contribution in [3.63, 3.8) is 0 Å². The third-order valence-corrected chi connectivity index (χ3v) is 8.80. The standard InChI is InChI=1S/C34H30F2N10O2/c1-4-27(47)45-13-12-43(18-23(45)8-10-37)32-24-15-26(36)30-28-21(6-5-7-25(28)35)16-44-17-22(41-42-44)14-20-9-11-38-29(19(2)3)31(20)46(33(24)39-30)34(48)40-32/h4-7,9,11,15,17,19,23H,1,8,12-14,16,18H2,2-3H3. The van der Waals surface area contributed by atoms with Crippen molar-refractivity contribution in [2.24, 2.45) is 0 Å². The van der Waals surface area contributed by atoms with Crippen LogP contribution in [-0.4, -0.2) is 71.0 Å². The Morgan fingerprint density at radius 3 is 2.77 bits per heavy atom. The Morgan fingerprint density at radius 1 is 1.17 bits per heavy atom. The van der Waals surface area contributed by atoms with Gasteiger partial charge in [0, 0.05) is 44.0 Å². The van der Waals surface area contributed by atoms with E-state index >= 15 is 8.78 Å². The first kappa shape index (κ1) is 30.8. The Balaban J connectivity index is 1.55. The summed E-state index contributed by atoms with van der Waals surface area (Å²) < 4.78 is 35.0. The van der Waals surface area contributed by atoms with Crippen molar-refractivity contribution in [3.8, 4) is 23.0 Å². The van der Waals surface area contributed by atoms with Crippen LogP contribution in [-0.2, 0) is 17.8 Å². The second-order valence-electron chi connectivity index (χ2n) is 12.2. The maximum Gasteiger partial charge on any atom is 0.355 e. The molecule has 12 nitrogen and oxygen atoms in total. The second-order valence-corrected chi connectivity index (χ2v) is 12.2. The van der Waals surface area contributed by atoms with Crippen LogP contribution in [0.25, 0.3) is 28.0 Å². The lowest BCUT2D eigenvalue weighted by Crippen LogP contribution is -2.55. The predicted octanol–water partition coefficient (Wildman–Crippen LogP) is 3.91. The molecule has 1 saturated heterocycles. The monoisotopic (exact) mass is 648 g/mol. The molecule has 1 aromatic carbocycles. The van der Waals surface area contributed by atoms with Crippen LogP contribution in [0.1, 0.15) is 48.7 Å². The smallest absolute Gasteiger partial charge is 0.352 e. The van der Waals surface area contributed by atoms with E-state index in [4.69, 9.17) is 4.98 Å². The van der Waals surface area contributed by atoms with Gasteiger partial charge in [0.2, 0.25) is 5.91 Å². The fraction of sp³-hybridized carbons (Fsp3) is 0.294. The molecule has 1 unspecified atom stereocenters. The molecule has 7 rings (SSSR count). The number of piperazine rings is 1. The Morgan fingerprint density at radius 2 is 2.00 bits per heavy atom. The van der Waals surface area contributed by atoms with Crippen LogP contribution in [0.2, 0.25) is 0 Å². The van der Waals surface area contributed by atoms with E-state index in [0.29, 0.717) is 28.2 Å². The molecule has 2 aliphatic heterocycles. The van der Waals surface area contributed by atoms with Gasteiger partial charge in [0.05, 0.1) is 47.5 Å². The van der Waals surface area contributed by atoms with Crippen molar-refractivity contribution < 1.29 is 13.6 Å². The molecule has 1 amide bonds. The molecule has 4 bridgehead atoms. The quantitative estimate of drug-likeness (QED) is 0.261. The highest BCUT2D eigenvalue weighted by atomic mass is 19.1. The van der Waals surface area contributed by atoms with Gasteiger partial charge >= 0.3 is 5.69 Å². The Bertz CT molecular complexity index is 2220. The number of carbonyl (C=O) groups excluding carboxylic acids is 1. The summed E-state index contributed by atoms with van der Waals surface area (Å²) >= 11 is 0. The van der Waals surface area contributed by atoms with Crippen LogP contribution in [0.3, 0.4) is 0 Å². The van der Waals surface area contributed by atoms with Crippen LogP contribution in [0.4, 0.5) is 14.6 Å². The summed E-state index contributed by atoms with van der Waals surface area (Å²) in [6.07, 6.45) is 4.90. The lowest BCUT2D eigenvalue weighted by atomic mass is 10.0. The third-order valence-electron chi connectivity index (χ3n) is 8.80. The zero-order valence-electron chi connectivity index (χ0n) is 26.3. The first-order valence-corrected chi connectivity index (χ1v) is 15.5. The minimum absolute atomic E-state index is 0.0267. The Hall–Kier alpha value is -5.84. The Kier molecular flexibility index (Phi) is 7.74. The van der Waals surface area contributed by atoms with Gasteiger partial charge in [-0.05, 0) is 41.3 Å². The summed E-state index contributed by atoms with van der Waals surface area (Å²) in [7, 11) is 0. The molecule has 0 spiro atoms. The number of pyridine rings is 2. The molecule has 6 heterocycles. The van der Waals surface area contributed by atoms with Gasteiger partial charge in [-0.1, -0.05) is 37.8 Å². The van der Waals surface area contributed by atoms with Crippen LogP contribution in [0.5, 0.6) is 0 Å². The lowest BCUT2D eigenvalue weighted by Gasteiger charge is -2.41. The highest BCUT2D eigenvalue weighted by Crippen LogP contribution is 2.36. The number of benzene rings is 1.